The Balaban J connectivity index is 1.07. The van der Waals surface area contributed by atoms with Gasteiger partial charge in [-0.1, -0.05) is 25.0 Å². The molecule has 3 N–H and O–H groups in total. The number of ether oxygens (including phenoxy) is 1. The number of rotatable bonds is 6. The number of aromatic nitrogens is 2. The third-order valence-electron chi connectivity index (χ3n) is 7.78. The maximum atomic E-state index is 12.8. The van der Waals surface area contributed by atoms with Crippen LogP contribution < -0.4 is 20.9 Å². The molecule has 0 spiro atoms. The van der Waals surface area contributed by atoms with Crippen molar-refractivity contribution in [3.8, 4) is 11.3 Å². The summed E-state index contributed by atoms with van der Waals surface area (Å²) in [7, 11) is 0. The highest BCUT2D eigenvalue weighted by Gasteiger charge is 2.38. The van der Waals surface area contributed by atoms with Crippen LogP contribution in [0.4, 0.5) is 23.0 Å². The number of nitrogens with one attached hydrogen (secondary N) is 3. The number of carbonyl (C=O) groups excluding carboxylic acids is 1. The van der Waals surface area contributed by atoms with Crippen molar-refractivity contribution in [2.45, 2.75) is 44.2 Å². The highest BCUT2D eigenvalue weighted by molar-refractivity contribution is 5.95. The van der Waals surface area contributed by atoms with E-state index in [1.54, 1.807) is 6.20 Å². The Morgan fingerprint density at radius 2 is 1.70 bits per heavy atom. The number of carbonyl (C=O) groups is 1. The Morgan fingerprint density at radius 1 is 0.946 bits per heavy atom. The summed E-state index contributed by atoms with van der Waals surface area (Å²) in [6.45, 7) is 3.37. The van der Waals surface area contributed by atoms with E-state index in [2.05, 4.69) is 38.0 Å². The van der Waals surface area contributed by atoms with E-state index in [-0.39, 0.29) is 11.9 Å². The lowest BCUT2D eigenvalue weighted by Gasteiger charge is -2.28. The molecular formula is C29H34N6O2. The van der Waals surface area contributed by atoms with Crippen molar-refractivity contribution in [3.63, 3.8) is 0 Å². The second-order valence-electron chi connectivity index (χ2n) is 10.2. The fourth-order valence-electron chi connectivity index (χ4n) is 5.76. The Bertz CT molecular complexity index is 1200. The molecule has 192 valence electrons. The molecule has 1 aliphatic carbocycles. The van der Waals surface area contributed by atoms with E-state index in [0.29, 0.717) is 17.9 Å². The molecule has 0 bridgehead atoms. The molecule has 37 heavy (non-hydrogen) atoms. The van der Waals surface area contributed by atoms with Gasteiger partial charge in [0.2, 0.25) is 11.9 Å². The average molecular weight is 499 g/mol. The van der Waals surface area contributed by atoms with Crippen LogP contribution in [0.2, 0.25) is 0 Å². The highest BCUT2D eigenvalue weighted by atomic mass is 16.5. The number of amides is 1. The topological polar surface area (TPSA) is 91.4 Å². The molecule has 2 aromatic carbocycles. The predicted octanol–water partition coefficient (Wildman–Crippen LogP) is 4.58. The fourth-order valence-corrected chi connectivity index (χ4v) is 5.76. The number of hydrogen-bond donors (Lipinski definition) is 3. The van der Waals surface area contributed by atoms with Crippen molar-refractivity contribution in [2.75, 3.05) is 41.8 Å². The van der Waals surface area contributed by atoms with Gasteiger partial charge in [-0.05, 0) is 67.6 Å². The van der Waals surface area contributed by atoms with Crippen LogP contribution >= 0.6 is 0 Å². The lowest BCUT2D eigenvalue weighted by Crippen LogP contribution is -2.39. The Hall–Kier alpha value is -3.49. The van der Waals surface area contributed by atoms with Crippen molar-refractivity contribution < 1.29 is 9.53 Å². The van der Waals surface area contributed by atoms with Crippen LogP contribution in [0, 0.1) is 5.92 Å². The van der Waals surface area contributed by atoms with E-state index >= 15 is 0 Å². The van der Waals surface area contributed by atoms with Gasteiger partial charge in [0.05, 0.1) is 24.9 Å². The third-order valence-corrected chi connectivity index (χ3v) is 7.78. The number of morpholine rings is 1. The van der Waals surface area contributed by atoms with Crippen LogP contribution in [-0.2, 0) is 9.53 Å². The molecule has 2 aliphatic heterocycles. The summed E-state index contributed by atoms with van der Waals surface area (Å²) >= 11 is 0. The molecule has 3 heterocycles. The van der Waals surface area contributed by atoms with Gasteiger partial charge in [-0.2, -0.15) is 0 Å². The SMILES string of the molecule is O=C(Nc1ccc(-c2ccnc(Nc3ccc(N4CCOCC4)cc3)n2)cc1)[C@@H]1C[C@@H]2CCCC[C@@H]2N1. The Labute approximate surface area is 217 Å². The van der Waals surface area contributed by atoms with E-state index in [9.17, 15) is 4.79 Å². The maximum Gasteiger partial charge on any atom is 0.241 e. The zero-order valence-electron chi connectivity index (χ0n) is 21.0. The largest absolute Gasteiger partial charge is 0.378 e. The first-order chi connectivity index (χ1) is 18.2. The van der Waals surface area contributed by atoms with Crippen LogP contribution in [0.15, 0.2) is 60.8 Å². The molecule has 8 nitrogen and oxygen atoms in total. The first kappa shape index (κ1) is 23.9. The molecule has 2 saturated heterocycles. The minimum atomic E-state index is -0.0915. The van der Waals surface area contributed by atoms with Crippen molar-refractivity contribution in [1.29, 1.82) is 0 Å². The average Bonchev–Trinajstić information content (AvgIpc) is 3.39. The second kappa shape index (κ2) is 10.9. The van der Waals surface area contributed by atoms with Crippen LogP contribution in [0.1, 0.15) is 32.1 Å². The lowest BCUT2D eigenvalue weighted by molar-refractivity contribution is -0.117. The summed E-state index contributed by atoms with van der Waals surface area (Å²) < 4.78 is 5.44. The van der Waals surface area contributed by atoms with Crippen LogP contribution in [0.3, 0.4) is 0 Å². The first-order valence-corrected chi connectivity index (χ1v) is 13.4. The summed E-state index contributed by atoms with van der Waals surface area (Å²) in [5.41, 5.74) is 4.72. The highest BCUT2D eigenvalue weighted by Crippen LogP contribution is 2.33. The minimum absolute atomic E-state index is 0.0651. The molecule has 3 fully saturated rings. The monoisotopic (exact) mass is 498 g/mol. The van der Waals surface area contributed by atoms with Crippen molar-refractivity contribution >= 4 is 28.9 Å². The van der Waals surface area contributed by atoms with Gasteiger partial charge in [0, 0.05) is 48.0 Å². The standard InChI is InChI=1S/C29H34N6O2/c36-28(27-19-21-3-1-2-4-25(21)33-27)31-22-7-5-20(6-8-22)26-13-14-30-29(34-26)32-23-9-11-24(12-10-23)35-15-17-37-18-16-35/h5-14,21,25,27,33H,1-4,15-19H2,(H,31,36)(H,30,32,34)/t21-,25-,27-/m0/s1. The molecule has 3 aromatic rings. The van der Waals surface area contributed by atoms with Gasteiger partial charge in [-0.25, -0.2) is 9.97 Å². The van der Waals surface area contributed by atoms with Gasteiger partial charge < -0.3 is 25.6 Å². The smallest absolute Gasteiger partial charge is 0.241 e. The van der Waals surface area contributed by atoms with Gasteiger partial charge >= 0.3 is 0 Å². The van der Waals surface area contributed by atoms with Crippen LogP contribution in [0.25, 0.3) is 11.3 Å². The van der Waals surface area contributed by atoms with E-state index in [1.807, 2.05) is 42.5 Å². The van der Waals surface area contributed by atoms with E-state index in [4.69, 9.17) is 9.72 Å². The summed E-state index contributed by atoms with van der Waals surface area (Å²) in [4.78, 5) is 24.2. The van der Waals surface area contributed by atoms with Gasteiger partial charge in [-0.15, -0.1) is 0 Å². The summed E-state index contributed by atoms with van der Waals surface area (Å²) in [6, 6.07) is 18.5. The molecule has 0 radical (unpaired) electrons. The zero-order valence-corrected chi connectivity index (χ0v) is 21.0. The number of fused-ring (bicyclic) bond motifs is 1. The molecule has 1 amide bonds. The summed E-state index contributed by atoms with van der Waals surface area (Å²) in [5, 5.41) is 9.94. The number of benzene rings is 2. The van der Waals surface area contributed by atoms with Gasteiger partial charge in [0.15, 0.2) is 0 Å². The normalized spacial score (nSPS) is 23.4. The molecule has 3 atom stereocenters. The zero-order chi connectivity index (χ0) is 25.0. The van der Waals surface area contributed by atoms with E-state index in [1.165, 1.54) is 31.4 Å². The number of anilines is 4. The minimum Gasteiger partial charge on any atom is -0.378 e. The van der Waals surface area contributed by atoms with Gasteiger partial charge in [-0.3, -0.25) is 4.79 Å². The van der Waals surface area contributed by atoms with Crippen molar-refractivity contribution in [3.05, 3.63) is 60.8 Å². The van der Waals surface area contributed by atoms with E-state index in [0.717, 1.165) is 55.4 Å². The number of hydrogen-bond acceptors (Lipinski definition) is 7. The number of nitrogens with zero attached hydrogens (tertiary/aromatic N) is 3. The van der Waals surface area contributed by atoms with Crippen LogP contribution in [0.5, 0.6) is 0 Å². The predicted molar refractivity (Wildman–Crippen MR) is 146 cm³/mol. The first-order valence-electron chi connectivity index (χ1n) is 13.4. The lowest BCUT2D eigenvalue weighted by atomic mass is 9.85. The quantitative estimate of drug-likeness (QED) is 0.458. The molecule has 8 heteroatoms. The fraction of sp³-hybridized carbons (Fsp3) is 0.414. The molecule has 1 saturated carbocycles. The van der Waals surface area contributed by atoms with Crippen molar-refractivity contribution in [1.82, 2.24) is 15.3 Å². The van der Waals surface area contributed by atoms with E-state index < -0.39 is 0 Å². The molecular weight excluding hydrogens is 464 g/mol. The Kier molecular flexibility index (Phi) is 7.01. The summed E-state index contributed by atoms with van der Waals surface area (Å²) in [5.74, 6) is 1.26. The van der Waals surface area contributed by atoms with Gasteiger partial charge in [0.25, 0.3) is 0 Å². The van der Waals surface area contributed by atoms with Gasteiger partial charge in [0.1, 0.15) is 0 Å². The third kappa shape index (κ3) is 5.60. The molecule has 6 rings (SSSR count). The maximum absolute atomic E-state index is 12.8. The summed E-state index contributed by atoms with van der Waals surface area (Å²) in [6.07, 6.45) is 7.70. The Morgan fingerprint density at radius 3 is 2.49 bits per heavy atom. The molecule has 1 aromatic heterocycles. The second-order valence-corrected chi connectivity index (χ2v) is 10.2. The molecule has 0 unspecified atom stereocenters. The van der Waals surface area contributed by atoms with Crippen LogP contribution in [-0.4, -0.2) is 54.3 Å². The van der Waals surface area contributed by atoms with Crippen molar-refractivity contribution in [2.24, 2.45) is 5.92 Å². The molecule has 3 aliphatic rings.